The van der Waals surface area contributed by atoms with Gasteiger partial charge in [0.1, 0.15) is 0 Å². The number of hydrogen-bond acceptors (Lipinski definition) is 6. The molecule has 160 valence electrons. The predicted octanol–water partition coefficient (Wildman–Crippen LogP) is 5.27. The van der Waals surface area contributed by atoms with E-state index in [1.807, 2.05) is 43.5 Å². The molecule has 0 N–H and O–H groups in total. The third-order valence-corrected chi connectivity index (χ3v) is 8.11. The van der Waals surface area contributed by atoms with Crippen LogP contribution in [0.2, 0.25) is 0 Å². The van der Waals surface area contributed by atoms with Gasteiger partial charge in [-0.25, -0.2) is 13.4 Å². The van der Waals surface area contributed by atoms with E-state index in [-0.39, 0.29) is 10.8 Å². The first kappa shape index (κ1) is 21.7. The number of anilines is 1. The van der Waals surface area contributed by atoms with E-state index in [1.54, 1.807) is 34.4 Å². The highest BCUT2D eigenvalue weighted by molar-refractivity contribution is 7.90. The molecule has 0 bridgehead atoms. The Bertz CT molecular complexity index is 1360. The van der Waals surface area contributed by atoms with E-state index in [0.717, 1.165) is 22.2 Å². The van der Waals surface area contributed by atoms with E-state index < -0.39 is 9.84 Å². The second-order valence-corrected chi connectivity index (χ2v) is 11.6. The smallest absolute Gasteiger partial charge is 0.260 e. The predicted molar refractivity (Wildman–Crippen MR) is 128 cm³/mol. The maximum atomic E-state index is 13.5. The molecule has 0 atom stereocenters. The van der Waals surface area contributed by atoms with E-state index in [4.69, 9.17) is 0 Å². The molecule has 0 aliphatic carbocycles. The van der Waals surface area contributed by atoms with Gasteiger partial charge in [-0.05, 0) is 61.5 Å². The molecular formula is C23H22N2O3S3. The lowest BCUT2D eigenvalue weighted by Crippen LogP contribution is -2.33. The summed E-state index contributed by atoms with van der Waals surface area (Å²) in [6.07, 6.45) is 1.91. The summed E-state index contributed by atoms with van der Waals surface area (Å²) in [5, 5.41) is 2.60. The third kappa shape index (κ3) is 4.71. The number of carbonyl (C=O) groups is 1. The second kappa shape index (κ2) is 8.53. The van der Waals surface area contributed by atoms with Gasteiger partial charge in [-0.15, -0.1) is 11.3 Å². The summed E-state index contributed by atoms with van der Waals surface area (Å²) >= 11 is 3.00. The third-order valence-electron chi connectivity index (χ3n) is 5.03. The molecule has 2 aromatic carbocycles. The number of carbonyl (C=O) groups excluding carboxylic acids is 1. The summed E-state index contributed by atoms with van der Waals surface area (Å²) in [7, 11) is -3.31. The summed E-state index contributed by atoms with van der Waals surface area (Å²) in [5.74, 6) is -0.101. The molecule has 1 amide bonds. The van der Waals surface area contributed by atoms with Crippen LogP contribution in [0.15, 0.2) is 58.8 Å². The molecule has 4 aromatic rings. The summed E-state index contributed by atoms with van der Waals surface area (Å²) < 4.78 is 24.6. The summed E-state index contributed by atoms with van der Waals surface area (Å²) in [5.41, 5.74) is 3.36. The maximum Gasteiger partial charge on any atom is 0.260 e. The molecule has 0 saturated heterocycles. The minimum Gasteiger partial charge on any atom is -0.284 e. The molecule has 0 spiro atoms. The number of benzene rings is 2. The molecule has 2 aromatic heterocycles. The second-order valence-electron chi connectivity index (χ2n) is 7.50. The average Bonchev–Trinajstić information content (AvgIpc) is 3.36. The van der Waals surface area contributed by atoms with Crippen molar-refractivity contribution in [3.63, 3.8) is 0 Å². The highest BCUT2D eigenvalue weighted by Crippen LogP contribution is 2.32. The Morgan fingerprint density at radius 1 is 1.10 bits per heavy atom. The van der Waals surface area contributed by atoms with Crippen LogP contribution >= 0.6 is 22.7 Å². The van der Waals surface area contributed by atoms with Gasteiger partial charge in [0.25, 0.3) is 5.91 Å². The van der Waals surface area contributed by atoms with E-state index in [0.29, 0.717) is 22.8 Å². The monoisotopic (exact) mass is 470 g/mol. The lowest BCUT2D eigenvalue weighted by atomic mass is 10.0. The van der Waals surface area contributed by atoms with Crippen LogP contribution in [-0.4, -0.2) is 32.1 Å². The first-order valence-electron chi connectivity index (χ1n) is 9.74. The number of thiazole rings is 1. The minimum absolute atomic E-state index is 0.101. The number of nitrogens with zero attached hydrogens (tertiary/aromatic N) is 2. The van der Waals surface area contributed by atoms with Crippen molar-refractivity contribution in [2.45, 2.75) is 25.2 Å². The molecule has 0 radical (unpaired) electrons. The molecule has 0 fully saturated rings. The topological polar surface area (TPSA) is 67.3 Å². The molecule has 0 aliphatic heterocycles. The summed E-state index contributed by atoms with van der Waals surface area (Å²) in [6, 6.07) is 14.7. The lowest BCUT2D eigenvalue weighted by molar-refractivity contribution is 0.0986. The molecule has 4 rings (SSSR count). The van der Waals surface area contributed by atoms with E-state index in [9.17, 15) is 13.2 Å². The zero-order valence-electron chi connectivity index (χ0n) is 17.5. The van der Waals surface area contributed by atoms with Crippen molar-refractivity contribution in [3.05, 3.63) is 75.5 Å². The van der Waals surface area contributed by atoms with Crippen molar-refractivity contribution in [2.24, 2.45) is 0 Å². The van der Waals surface area contributed by atoms with Crippen molar-refractivity contribution in [3.8, 4) is 0 Å². The number of aromatic nitrogens is 1. The van der Waals surface area contributed by atoms with Gasteiger partial charge < -0.3 is 0 Å². The Morgan fingerprint density at radius 3 is 2.58 bits per heavy atom. The molecule has 8 heteroatoms. The van der Waals surface area contributed by atoms with Gasteiger partial charge in [0, 0.05) is 23.2 Å². The highest BCUT2D eigenvalue weighted by Gasteiger charge is 2.23. The average molecular weight is 471 g/mol. The first-order chi connectivity index (χ1) is 14.7. The SMILES string of the molecule is Cc1ccc(C(=O)N(CCc2cccs2)c2nc3ccc(S(C)(=O)=O)cc3s2)c(C)c1. The Balaban J connectivity index is 1.75. The molecule has 0 aliphatic rings. The quantitative estimate of drug-likeness (QED) is 0.385. The van der Waals surface area contributed by atoms with Crippen LogP contribution in [0.25, 0.3) is 10.2 Å². The van der Waals surface area contributed by atoms with Crippen LogP contribution in [0.1, 0.15) is 26.4 Å². The number of hydrogen-bond donors (Lipinski definition) is 0. The Morgan fingerprint density at radius 2 is 1.90 bits per heavy atom. The van der Waals surface area contributed by atoms with Crippen LogP contribution in [0.5, 0.6) is 0 Å². The van der Waals surface area contributed by atoms with Crippen molar-refractivity contribution in [1.82, 2.24) is 4.98 Å². The summed E-state index contributed by atoms with van der Waals surface area (Å²) in [4.78, 5) is 21.4. The number of thiophene rings is 1. The molecule has 5 nitrogen and oxygen atoms in total. The largest absolute Gasteiger partial charge is 0.284 e. The van der Waals surface area contributed by atoms with E-state index in [2.05, 4.69) is 11.1 Å². The van der Waals surface area contributed by atoms with Crippen molar-refractivity contribution >= 4 is 53.8 Å². The fourth-order valence-electron chi connectivity index (χ4n) is 3.40. The fourth-order valence-corrected chi connectivity index (χ4v) is 5.85. The van der Waals surface area contributed by atoms with Crippen molar-refractivity contribution in [1.29, 1.82) is 0 Å². The number of amides is 1. The standard InChI is InChI=1S/C23H22N2O3S3/c1-15-6-8-19(16(2)13-15)22(26)25(11-10-17-5-4-12-29-17)23-24-20-9-7-18(31(3,27)28)14-21(20)30-23/h4-9,12-14H,10-11H2,1-3H3. The van der Waals surface area contributed by atoms with Crippen LogP contribution in [0.4, 0.5) is 5.13 Å². The number of rotatable bonds is 6. The molecule has 0 unspecified atom stereocenters. The van der Waals surface area contributed by atoms with Gasteiger partial charge >= 0.3 is 0 Å². The van der Waals surface area contributed by atoms with Gasteiger partial charge in [-0.1, -0.05) is 35.1 Å². The normalized spacial score (nSPS) is 11.7. The zero-order valence-corrected chi connectivity index (χ0v) is 19.9. The van der Waals surface area contributed by atoms with Crippen molar-refractivity contribution in [2.75, 3.05) is 17.7 Å². The van der Waals surface area contributed by atoms with Gasteiger partial charge in [0.2, 0.25) is 0 Å². The van der Waals surface area contributed by atoms with Gasteiger partial charge in [0.15, 0.2) is 15.0 Å². The molecule has 2 heterocycles. The van der Waals surface area contributed by atoms with Gasteiger partial charge in [0.05, 0.1) is 15.1 Å². The van der Waals surface area contributed by atoms with E-state index >= 15 is 0 Å². The van der Waals surface area contributed by atoms with Crippen LogP contribution in [0.3, 0.4) is 0 Å². The van der Waals surface area contributed by atoms with Crippen LogP contribution < -0.4 is 4.90 Å². The fraction of sp³-hybridized carbons (Fsp3) is 0.217. The lowest BCUT2D eigenvalue weighted by Gasteiger charge is -2.21. The Labute approximate surface area is 189 Å². The molecule has 0 saturated carbocycles. The minimum atomic E-state index is -3.31. The molecule has 31 heavy (non-hydrogen) atoms. The van der Waals surface area contributed by atoms with Crippen molar-refractivity contribution < 1.29 is 13.2 Å². The Hall–Kier alpha value is -2.55. The number of sulfone groups is 1. The number of aryl methyl sites for hydroxylation is 2. The molecular weight excluding hydrogens is 448 g/mol. The highest BCUT2D eigenvalue weighted by atomic mass is 32.2. The summed E-state index contributed by atoms with van der Waals surface area (Å²) in [6.45, 7) is 4.43. The van der Waals surface area contributed by atoms with Crippen LogP contribution in [0, 0.1) is 13.8 Å². The van der Waals surface area contributed by atoms with E-state index in [1.165, 1.54) is 22.5 Å². The zero-order chi connectivity index (χ0) is 22.2. The van der Waals surface area contributed by atoms with Gasteiger partial charge in [-0.3, -0.25) is 9.69 Å². The van der Waals surface area contributed by atoms with Gasteiger partial charge in [-0.2, -0.15) is 0 Å². The van der Waals surface area contributed by atoms with Crippen LogP contribution in [-0.2, 0) is 16.3 Å². The number of fused-ring (bicyclic) bond motifs is 1. The maximum absolute atomic E-state index is 13.5. The first-order valence-corrected chi connectivity index (χ1v) is 13.3. The Kier molecular flexibility index (Phi) is 5.96.